The molecular formula is C46H54ClN7O7S. The number of ether oxygens (including phenoxy) is 2. The molecule has 2 aromatic heterocycles. The van der Waals surface area contributed by atoms with E-state index < -0.39 is 25.7 Å². The third kappa shape index (κ3) is 9.08. The van der Waals surface area contributed by atoms with Crippen LogP contribution in [0, 0.1) is 32.8 Å². The highest BCUT2D eigenvalue weighted by Crippen LogP contribution is 2.52. The van der Waals surface area contributed by atoms with Crippen molar-refractivity contribution in [3.63, 3.8) is 0 Å². The summed E-state index contributed by atoms with van der Waals surface area (Å²) in [6.07, 6.45) is 14.0. The minimum absolute atomic E-state index is 0.0226. The Kier molecular flexibility index (Phi) is 11.6. The SMILES string of the molecule is CC1(C)CCC(CN2CCN(c3ccc(C(=O)NS(=O)(=O)c4ccc(NCC5CC6(CCOCC6)C5)c([N+](=O)[O-])c4)c(Oc4cnc5[nH]ccc5c4)c3)CC2)=C([C@H]2C=C(Cl)C2)C1. The van der Waals surface area contributed by atoms with Crippen LogP contribution in [0.3, 0.4) is 0 Å². The number of allylic oxidation sites excluding steroid dienone is 3. The first-order chi connectivity index (χ1) is 29.7. The van der Waals surface area contributed by atoms with E-state index in [4.69, 9.17) is 21.1 Å². The molecular weight excluding hydrogens is 830 g/mol. The average molecular weight is 884 g/mol. The van der Waals surface area contributed by atoms with Gasteiger partial charge in [-0.2, -0.15) is 0 Å². The zero-order valence-electron chi connectivity index (χ0n) is 35.3. The van der Waals surface area contributed by atoms with Gasteiger partial charge in [0.25, 0.3) is 21.6 Å². The molecule has 4 aromatic rings. The molecule has 3 fully saturated rings. The lowest BCUT2D eigenvalue weighted by molar-refractivity contribution is -0.384. The number of H-pyrrole nitrogens is 1. The Morgan fingerprint density at radius 2 is 1.84 bits per heavy atom. The molecule has 3 N–H and O–H groups in total. The summed E-state index contributed by atoms with van der Waals surface area (Å²) in [6.45, 7) is 10.9. The number of rotatable bonds is 13. The summed E-state index contributed by atoms with van der Waals surface area (Å²) in [7, 11) is -4.55. The van der Waals surface area contributed by atoms with E-state index in [-0.39, 0.29) is 28.1 Å². The molecule has 0 unspecified atom stereocenters. The highest BCUT2D eigenvalue weighted by atomic mass is 35.5. The number of hydrogen-bond acceptors (Lipinski definition) is 11. The maximum absolute atomic E-state index is 13.9. The fourth-order valence-corrected chi connectivity index (χ4v) is 11.4. The van der Waals surface area contributed by atoms with Gasteiger partial charge in [-0.15, -0.1) is 0 Å². The number of hydrogen-bond donors (Lipinski definition) is 3. The molecule has 1 spiro atoms. The number of carbonyl (C=O) groups excluding carboxylic acids is 1. The molecule has 9 rings (SSSR count). The normalized spacial score (nSPS) is 21.6. The standard InChI is InChI=1S/C46H54ClN7O7S/c1-45(2)9-7-32(39(26-45)33-19-34(47)20-33)29-52-13-15-53(16-14-52)35-3-5-38(42(22-35)61-36-21-31-8-12-48-43(31)50-28-36)44(55)51-62(58,59)37-4-6-40(41(23-37)54(56)57)49-27-30-24-46(25-30)10-17-60-18-11-46/h3-6,8,12,19,21-23,28,30,33,49H,7,9-11,13-18,20,24-27,29H2,1-2H3,(H,48,50)(H,51,55)/t33-/m0/s1. The molecule has 1 amide bonds. The van der Waals surface area contributed by atoms with Crippen molar-refractivity contribution in [3.05, 3.63) is 98.9 Å². The zero-order valence-corrected chi connectivity index (χ0v) is 36.8. The molecule has 1 atom stereocenters. The number of nitro groups is 1. The Balaban J connectivity index is 0.903. The van der Waals surface area contributed by atoms with E-state index in [9.17, 15) is 23.3 Å². The largest absolute Gasteiger partial charge is 0.455 e. The number of sulfonamides is 1. The number of amides is 1. The van der Waals surface area contributed by atoms with Crippen LogP contribution in [0.25, 0.3) is 11.0 Å². The van der Waals surface area contributed by atoms with Crippen LogP contribution in [-0.4, -0.2) is 86.6 Å². The van der Waals surface area contributed by atoms with Crippen LogP contribution in [0.4, 0.5) is 17.1 Å². The maximum atomic E-state index is 13.9. The van der Waals surface area contributed by atoms with Crippen molar-refractivity contribution in [2.45, 2.75) is 70.1 Å². The van der Waals surface area contributed by atoms with Crippen molar-refractivity contribution in [1.29, 1.82) is 0 Å². The average Bonchev–Trinajstić information content (AvgIpc) is 3.70. The van der Waals surface area contributed by atoms with Crippen LogP contribution < -0.4 is 19.7 Å². The molecule has 2 aromatic carbocycles. The summed E-state index contributed by atoms with van der Waals surface area (Å²) in [5, 5.41) is 17.1. The van der Waals surface area contributed by atoms with E-state index in [0.717, 1.165) is 113 Å². The molecule has 2 saturated heterocycles. The number of benzene rings is 2. The fraction of sp³-hybridized carbons (Fsp3) is 0.478. The van der Waals surface area contributed by atoms with E-state index in [1.54, 1.807) is 41.6 Å². The summed E-state index contributed by atoms with van der Waals surface area (Å²) in [5.41, 5.74) is 5.02. The van der Waals surface area contributed by atoms with Crippen molar-refractivity contribution in [2.75, 3.05) is 62.7 Å². The topological polar surface area (TPSA) is 172 Å². The van der Waals surface area contributed by atoms with E-state index in [1.807, 2.05) is 6.07 Å². The molecule has 4 heterocycles. The van der Waals surface area contributed by atoms with Gasteiger partial charge >= 0.3 is 0 Å². The zero-order chi connectivity index (χ0) is 43.2. The number of aromatic nitrogens is 2. The van der Waals surface area contributed by atoms with Gasteiger partial charge in [0.05, 0.1) is 21.6 Å². The minimum Gasteiger partial charge on any atom is -0.455 e. The van der Waals surface area contributed by atoms with E-state index in [1.165, 1.54) is 24.8 Å². The Labute approximate surface area is 367 Å². The highest BCUT2D eigenvalue weighted by Gasteiger charge is 2.44. The number of aromatic amines is 1. The van der Waals surface area contributed by atoms with E-state index in [2.05, 4.69) is 49.7 Å². The first-order valence-corrected chi connectivity index (χ1v) is 23.5. The molecule has 2 aliphatic heterocycles. The smallest absolute Gasteiger partial charge is 0.293 e. The van der Waals surface area contributed by atoms with Gasteiger partial charge < -0.3 is 24.7 Å². The Hall–Kier alpha value is -4.96. The number of pyridine rings is 1. The number of piperazine rings is 1. The molecule has 14 nitrogen and oxygen atoms in total. The Morgan fingerprint density at radius 1 is 1.06 bits per heavy atom. The number of fused-ring (bicyclic) bond motifs is 1. The highest BCUT2D eigenvalue weighted by molar-refractivity contribution is 7.90. The van der Waals surface area contributed by atoms with Crippen molar-refractivity contribution in [3.8, 4) is 11.5 Å². The van der Waals surface area contributed by atoms with Crippen LogP contribution in [-0.2, 0) is 14.8 Å². The first kappa shape index (κ1) is 42.3. The molecule has 328 valence electrons. The summed E-state index contributed by atoms with van der Waals surface area (Å²) in [5.74, 6) is 0.382. The summed E-state index contributed by atoms with van der Waals surface area (Å²) >= 11 is 6.30. The second kappa shape index (κ2) is 17.0. The molecule has 3 aliphatic carbocycles. The van der Waals surface area contributed by atoms with Crippen molar-refractivity contribution in [1.82, 2.24) is 19.6 Å². The van der Waals surface area contributed by atoms with Gasteiger partial charge in [0, 0.05) is 92.8 Å². The lowest BCUT2D eigenvalue weighted by Crippen LogP contribution is -2.47. The molecule has 0 bridgehead atoms. The van der Waals surface area contributed by atoms with Crippen LogP contribution in [0.1, 0.15) is 75.6 Å². The monoisotopic (exact) mass is 883 g/mol. The first-order valence-electron chi connectivity index (χ1n) is 21.7. The van der Waals surface area contributed by atoms with Crippen molar-refractivity contribution < 1.29 is 27.6 Å². The lowest BCUT2D eigenvalue weighted by Gasteiger charge is -2.50. The molecule has 62 heavy (non-hydrogen) atoms. The number of nitro benzene ring substituents is 1. The fourth-order valence-electron chi connectivity index (χ4n) is 10.1. The maximum Gasteiger partial charge on any atom is 0.293 e. The van der Waals surface area contributed by atoms with Gasteiger partial charge in [0.15, 0.2) is 0 Å². The van der Waals surface area contributed by atoms with E-state index >= 15 is 0 Å². The van der Waals surface area contributed by atoms with E-state index in [0.29, 0.717) is 35.2 Å². The van der Waals surface area contributed by atoms with Gasteiger partial charge in [0.2, 0.25) is 0 Å². The summed E-state index contributed by atoms with van der Waals surface area (Å²) in [4.78, 5) is 37.3. The predicted molar refractivity (Wildman–Crippen MR) is 239 cm³/mol. The molecule has 0 radical (unpaired) electrons. The van der Waals surface area contributed by atoms with Gasteiger partial charge in [-0.25, -0.2) is 18.1 Å². The number of nitrogens with zero attached hydrogens (tertiary/aromatic N) is 4. The van der Waals surface area contributed by atoms with Crippen LogP contribution in [0.15, 0.2) is 88.1 Å². The summed E-state index contributed by atoms with van der Waals surface area (Å²) in [6, 6.07) is 12.4. The second-order valence-corrected chi connectivity index (χ2v) is 20.8. The molecule has 1 saturated carbocycles. The quantitative estimate of drug-likeness (QED) is 0.0666. The van der Waals surface area contributed by atoms with Gasteiger partial charge in [-0.3, -0.25) is 19.8 Å². The van der Waals surface area contributed by atoms with Gasteiger partial charge in [-0.05, 0) is 105 Å². The van der Waals surface area contributed by atoms with Gasteiger partial charge in [0.1, 0.15) is 22.8 Å². The molecule has 16 heteroatoms. The van der Waals surface area contributed by atoms with Crippen molar-refractivity contribution in [2.24, 2.45) is 22.7 Å². The number of nitrogens with one attached hydrogen (secondary N) is 3. The lowest BCUT2D eigenvalue weighted by atomic mass is 9.58. The number of carbonyl (C=O) groups is 1. The van der Waals surface area contributed by atoms with Crippen LogP contribution in [0.5, 0.6) is 11.5 Å². The summed E-state index contributed by atoms with van der Waals surface area (Å²) < 4.78 is 41.4. The molecule has 5 aliphatic rings. The van der Waals surface area contributed by atoms with Crippen LogP contribution >= 0.6 is 11.6 Å². The third-order valence-electron chi connectivity index (χ3n) is 13.7. The second-order valence-electron chi connectivity index (χ2n) is 18.7. The number of halogens is 1. The predicted octanol–water partition coefficient (Wildman–Crippen LogP) is 8.77. The van der Waals surface area contributed by atoms with Gasteiger partial charge in [-0.1, -0.05) is 42.7 Å². The van der Waals surface area contributed by atoms with Crippen LogP contribution in [0.2, 0.25) is 0 Å². The Bertz CT molecular complexity index is 2550. The third-order valence-corrected chi connectivity index (χ3v) is 15.3. The number of anilines is 2. The van der Waals surface area contributed by atoms with Crippen molar-refractivity contribution >= 4 is 55.6 Å². The Morgan fingerprint density at radius 3 is 2.58 bits per heavy atom. The minimum atomic E-state index is -4.55.